The molecule has 9 rings (SSSR count). The number of aromatic nitrogens is 8. The van der Waals surface area contributed by atoms with Gasteiger partial charge in [-0.1, -0.05) is 38.5 Å². The van der Waals surface area contributed by atoms with Crippen molar-refractivity contribution in [1.29, 1.82) is 0 Å². The Balaban J connectivity index is 1.04. The van der Waals surface area contributed by atoms with E-state index < -0.39 is 114 Å². The van der Waals surface area contributed by atoms with E-state index in [-0.39, 0.29) is 40.4 Å². The van der Waals surface area contributed by atoms with Crippen LogP contribution in [0.25, 0.3) is 22.3 Å². The van der Waals surface area contributed by atoms with Crippen LogP contribution in [0.3, 0.4) is 0 Å². The molecule has 3 aliphatic carbocycles. The van der Waals surface area contributed by atoms with Crippen molar-refractivity contribution < 1.29 is 68.9 Å². The monoisotopic (exact) mass is 968 g/mol. The number of alkyl halides is 2. The van der Waals surface area contributed by atoms with Crippen molar-refractivity contribution in [3.05, 3.63) is 25.3 Å². The second-order valence-corrected chi connectivity index (χ2v) is 21.2. The van der Waals surface area contributed by atoms with Crippen molar-refractivity contribution in [2.45, 2.75) is 127 Å². The van der Waals surface area contributed by atoms with Gasteiger partial charge < -0.3 is 30.2 Å². The summed E-state index contributed by atoms with van der Waals surface area (Å²) in [5.74, 6) is -2.33. The van der Waals surface area contributed by atoms with Crippen molar-refractivity contribution in [1.82, 2.24) is 39.0 Å². The van der Waals surface area contributed by atoms with E-state index >= 15 is 8.78 Å². The summed E-state index contributed by atoms with van der Waals surface area (Å²) in [5, 5.41) is 0. The number of halogens is 2. The molecule has 360 valence electrons. The number of nitrogens with zero attached hydrogens (tertiary/aromatic N) is 8. The predicted octanol–water partition coefficient (Wildman–Crippen LogP) is 5.97. The lowest BCUT2D eigenvalue weighted by Crippen LogP contribution is -2.37. The summed E-state index contributed by atoms with van der Waals surface area (Å²) in [5.41, 5.74) is 10.9. The van der Waals surface area contributed by atoms with Gasteiger partial charge in [0.25, 0.3) is 0 Å². The first kappa shape index (κ1) is 46.8. The van der Waals surface area contributed by atoms with Gasteiger partial charge in [-0.3, -0.25) is 32.3 Å². The maximum atomic E-state index is 17.1. The van der Waals surface area contributed by atoms with Crippen LogP contribution in [0.5, 0.6) is 0 Å². The number of phosphoric ester groups is 2. The Labute approximate surface area is 376 Å². The Hall–Kier alpha value is -4.32. The van der Waals surface area contributed by atoms with E-state index in [2.05, 4.69) is 29.9 Å². The van der Waals surface area contributed by atoms with E-state index in [1.807, 2.05) is 0 Å². The average molecular weight is 969 g/mol. The number of carbonyl (C=O) groups excluding carboxylic acids is 2. The molecule has 23 nitrogen and oxygen atoms in total. The zero-order valence-corrected chi connectivity index (χ0v) is 38.0. The molecule has 66 heavy (non-hydrogen) atoms. The van der Waals surface area contributed by atoms with E-state index in [0.717, 1.165) is 44.9 Å². The molecule has 2 aliphatic heterocycles. The summed E-state index contributed by atoms with van der Waals surface area (Å²) < 4.78 is 118. The second kappa shape index (κ2) is 18.6. The summed E-state index contributed by atoms with van der Waals surface area (Å²) in [4.78, 5) is 51.3. The molecule has 10 atom stereocenters. The number of anilines is 2. The van der Waals surface area contributed by atoms with E-state index in [1.54, 1.807) is 13.8 Å². The van der Waals surface area contributed by atoms with Crippen LogP contribution in [0.1, 0.15) is 96.7 Å². The molecule has 5 aliphatic rings. The maximum absolute atomic E-state index is 17.1. The highest BCUT2D eigenvalue weighted by atomic mass is 31.2. The normalized spacial score (nSPS) is 33.6. The van der Waals surface area contributed by atoms with Crippen LogP contribution in [0.2, 0.25) is 0 Å². The van der Waals surface area contributed by atoms with Crippen LogP contribution >= 0.6 is 15.6 Å². The highest BCUT2D eigenvalue weighted by Crippen LogP contribution is 2.60. The molecule has 2 saturated heterocycles. The zero-order valence-electron chi connectivity index (χ0n) is 36.2. The number of ether oxygens (including phenoxy) is 3. The summed E-state index contributed by atoms with van der Waals surface area (Å²) in [6, 6.07) is -1.15. The number of nitrogen functional groups attached to an aromatic ring is 2. The summed E-state index contributed by atoms with van der Waals surface area (Å²) in [7, 11) is -10.1. The fourth-order valence-electron chi connectivity index (χ4n) is 9.53. The third kappa shape index (κ3) is 9.17. The number of hydrogen-bond donors (Lipinski definition) is 2. The van der Waals surface area contributed by atoms with Gasteiger partial charge in [-0.25, -0.2) is 56.9 Å². The fraction of sp³-hybridized carbons (Fsp3) is 0.692. The van der Waals surface area contributed by atoms with Crippen LogP contribution in [0, 0.1) is 16.7 Å². The largest absolute Gasteiger partial charge is 0.478 e. The van der Waals surface area contributed by atoms with Gasteiger partial charge in [-0.05, 0) is 46.0 Å². The molecule has 27 heteroatoms. The maximum Gasteiger partial charge on any atom is 0.478 e. The minimum atomic E-state index is -5.04. The number of nitrogens with two attached hydrogens (primary N) is 2. The molecule has 5 fully saturated rings. The fourth-order valence-corrected chi connectivity index (χ4v) is 12.1. The Morgan fingerprint density at radius 3 is 1.77 bits per heavy atom. The third-order valence-electron chi connectivity index (χ3n) is 13.4. The van der Waals surface area contributed by atoms with Crippen molar-refractivity contribution in [2.24, 2.45) is 16.7 Å². The lowest BCUT2D eigenvalue weighted by atomic mass is 9.76. The van der Waals surface area contributed by atoms with Crippen LogP contribution in [0.4, 0.5) is 20.4 Å². The number of imidazole rings is 2. The number of esters is 2. The first-order valence-corrected chi connectivity index (χ1v) is 24.8. The number of rotatable bonds is 10. The Kier molecular flexibility index (Phi) is 13.2. The van der Waals surface area contributed by atoms with E-state index in [4.69, 9.17) is 52.8 Å². The molecule has 4 N–H and O–H groups in total. The highest BCUT2D eigenvalue weighted by molar-refractivity contribution is 7.48. The Morgan fingerprint density at radius 1 is 0.712 bits per heavy atom. The van der Waals surface area contributed by atoms with Crippen molar-refractivity contribution in [3.8, 4) is 0 Å². The third-order valence-corrected chi connectivity index (χ3v) is 16.2. The zero-order chi connectivity index (χ0) is 46.4. The smallest absolute Gasteiger partial charge is 0.437 e. The first-order chi connectivity index (χ1) is 31.6. The van der Waals surface area contributed by atoms with Gasteiger partial charge >= 0.3 is 27.6 Å². The molecule has 0 bridgehead atoms. The lowest BCUT2D eigenvalue weighted by Gasteiger charge is -2.32. The molecule has 0 spiro atoms. The van der Waals surface area contributed by atoms with E-state index in [1.165, 1.54) is 28.1 Å². The SMILES string of the molecule is CC1(C(=O)OCOP2(=O)OC[C@H]3C[C@@H](n4cnc5c(N)ncnc54)C(F)[C@H]3OP(=O)(OCOC(=O)C3(C)CCCCC3)OC[C@H]3O[C@@H](n4cnc5c(N)ncnc54)[C@@H](F)C3O2)CCCCC1. The molecule has 6 heterocycles. The van der Waals surface area contributed by atoms with Crippen LogP contribution in [-0.2, 0) is 60.1 Å². The van der Waals surface area contributed by atoms with Gasteiger partial charge in [0, 0.05) is 5.92 Å². The Morgan fingerprint density at radius 2 is 1.21 bits per heavy atom. The van der Waals surface area contributed by atoms with Gasteiger partial charge in [0.2, 0.25) is 13.6 Å². The molecule has 0 aromatic carbocycles. The van der Waals surface area contributed by atoms with Gasteiger partial charge in [0.15, 0.2) is 35.3 Å². The van der Waals surface area contributed by atoms with Crippen molar-refractivity contribution in [2.75, 3.05) is 38.3 Å². The minimum Gasteiger partial charge on any atom is -0.437 e. The quantitative estimate of drug-likeness (QED) is 0.105. The number of fused-ring (bicyclic) bond motifs is 4. The summed E-state index contributed by atoms with van der Waals surface area (Å²) in [6.45, 7) is 0.119. The molecular formula is C39H52F2N10O13P2. The average Bonchev–Trinajstić information content (AvgIpc) is 4.07. The van der Waals surface area contributed by atoms with Gasteiger partial charge in [-0.15, -0.1) is 0 Å². The predicted molar refractivity (Wildman–Crippen MR) is 224 cm³/mol. The topological polar surface area (TPSA) is 291 Å². The van der Waals surface area contributed by atoms with Gasteiger partial charge in [-0.2, -0.15) is 0 Å². The van der Waals surface area contributed by atoms with Crippen LogP contribution in [0.15, 0.2) is 25.3 Å². The van der Waals surface area contributed by atoms with Crippen molar-refractivity contribution >= 4 is 61.5 Å². The number of hydrogen-bond acceptors (Lipinski definition) is 21. The van der Waals surface area contributed by atoms with Crippen molar-refractivity contribution in [3.63, 3.8) is 0 Å². The molecule has 3 saturated carbocycles. The second-order valence-electron chi connectivity index (χ2n) is 17.9. The minimum absolute atomic E-state index is 0.00726. The van der Waals surface area contributed by atoms with Gasteiger partial charge in [0.05, 0.1) is 42.7 Å². The number of carbonyl (C=O) groups is 2. The number of phosphoric acid groups is 2. The Bertz CT molecular complexity index is 2360. The molecule has 0 radical (unpaired) electrons. The molecule has 4 aromatic heterocycles. The molecule has 4 unspecified atom stereocenters. The first-order valence-electron chi connectivity index (χ1n) is 21.9. The lowest BCUT2D eigenvalue weighted by molar-refractivity contribution is -0.165. The van der Waals surface area contributed by atoms with E-state index in [0.29, 0.717) is 25.7 Å². The molecular weight excluding hydrogens is 916 g/mol. The van der Waals surface area contributed by atoms with E-state index in [9.17, 15) is 18.7 Å². The standard InChI is InChI=1S/C39H52F2N10O13P2/c1-38(9-5-3-6-10-38)36(52)56-20-60-65(54)58-14-22-13-23(50-18-48-27-31(42)44-16-46-33(27)50)25(40)29(22)63-66(55,61-21-57-37(53)39(2)11-7-4-8-12-39)59-15-24-30(64-65)26(41)35(62-24)51-19-49-28-32(43)45-17-47-34(28)51/h16-19,22-26,29-30,35H,3-15,20-21H2,1-2H3,(H2,42,44,46)(H2,43,45,47)/t22-,23-,24-,25?,26+,29+,30?,35-,65?,66?/m1/s1. The summed E-state index contributed by atoms with van der Waals surface area (Å²) >= 11 is 0. The van der Waals surface area contributed by atoms with Crippen LogP contribution in [-0.4, -0.2) is 108 Å². The summed E-state index contributed by atoms with van der Waals surface area (Å²) in [6.07, 6.45) is 0.947. The molecule has 4 aromatic rings. The van der Waals surface area contributed by atoms with Crippen LogP contribution < -0.4 is 11.5 Å². The van der Waals surface area contributed by atoms with Gasteiger partial charge in [0.1, 0.15) is 48.2 Å². The highest BCUT2D eigenvalue weighted by Gasteiger charge is 2.56. The molecule has 0 amide bonds.